The summed E-state index contributed by atoms with van der Waals surface area (Å²) in [6.07, 6.45) is 5.97. The van der Waals surface area contributed by atoms with Crippen LogP contribution in [0.5, 0.6) is 0 Å². The van der Waals surface area contributed by atoms with Gasteiger partial charge in [0.15, 0.2) is 0 Å². The predicted molar refractivity (Wildman–Crippen MR) is 78.6 cm³/mol. The van der Waals surface area contributed by atoms with Gasteiger partial charge in [0.05, 0.1) is 5.92 Å². The Bertz CT molecular complexity index is 329. The Hall–Kier alpha value is -1.26. The van der Waals surface area contributed by atoms with Crippen molar-refractivity contribution in [1.82, 2.24) is 10.6 Å². The lowest BCUT2D eigenvalue weighted by molar-refractivity contribution is -0.141. The number of hydrogen-bond acceptors (Lipinski definition) is 2. The van der Waals surface area contributed by atoms with Crippen LogP contribution in [0.15, 0.2) is 0 Å². The van der Waals surface area contributed by atoms with Crippen LogP contribution in [0, 0.1) is 11.8 Å². The van der Waals surface area contributed by atoms with E-state index in [-0.39, 0.29) is 24.0 Å². The van der Waals surface area contributed by atoms with E-state index in [4.69, 9.17) is 5.11 Å². The Morgan fingerprint density at radius 2 is 1.80 bits per heavy atom. The maximum absolute atomic E-state index is 11.8. The molecule has 3 N–H and O–H groups in total. The summed E-state index contributed by atoms with van der Waals surface area (Å²) < 4.78 is 0. The molecule has 0 radical (unpaired) electrons. The molecule has 1 aliphatic carbocycles. The van der Waals surface area contributed by atoms with Crippen molar-refractivity contribution >= 4 is 12.0 Å². The number of hydrogen-bond donors (Lipinski definition) is 3. The molecule has 116 valence electrons. The highest BCUT2D eigenvalue weighted by Gasteiger charge is 2.25. The molecule has 0 bridgehead atoms. The highest BCUT2D eigenvalue weighted by Crippen LogP contribution is 2.29. The lowest BCUT2D eigenvalue weighted by Gasteiger charge is -2.32. The average molecular weight is 284 g/mol. The summed E-state index contributed by atoms with van der Waals surface area (Å²) in [5.41, 5.74) is 0. The van der Waals surface area contributed by atoms with Gasteiger partial charge in [0.1, 0.15) is 0 Å². The first-order valence-electron chi connectivity index (χ1n) is 7.70. The van der Waals surface area contributed by atoms with Gasteiger partial charge in [-0.15, -0.1) is 0 Å². The minimum Gasteiger partial charge on any atom is -0.481 e. The molecule has 1 aliphatic rings. The van der Waals surface area contributed by atoms with Gasteiger partial charge in [0.2, 0.25) is 0 Å². The quantitative estimate of drug-likeness (QED) is 0.641. The second-order valence-corrected chi connectivity index (χ2v) is 6.17. The number of carbonyl (C=O) groups excluding carboxylic acids is 1. The molecule has 20 heavy (non-hydrogen) atoms. The van der Waals surface area contributed by atoms with Crippen molar-refractivity contribution < 1.29 is 14.7 Å². The number of carbonyl (C=O) groups is 2. The molecule has 0 aromatic carbocycles. The zero-order chi connectivity index (χ0) is 15.1. The SMILES string of the molecule is CC(CCCC(C)C(=O)O)NC(=O)NC(C)C1CCC1. The molecule has 0 aromatic heterocycles. The van der Waals surface area contributed by atoms with Gasteiger partial charge in [0, 0.05) is 12.1 Å². The van der Waals surface area contributed by atoms with E-state index in [0.29, 0.717) is 12.3 Å². The van der Waals surface area contributed by atoms with Crippen LogP contribution in [0.2, 0.25) is 0 Å². The molecule has 5 heteroatoms. The fraction of sp³-hybridized carbons (Fsp3) is 0.867. The van der Waals surface area contributed by atoms with E-state index < -0.39 is 5.97 Å². The van der Waals surface area contributed by atoms with Crippen LogP contribution >= 0.6 is 0 Å². The molecule has 2 amide bonds. The molecule has 5 nitrogen and oxygen atoms in total. The van der Waals surface area contributed by atoms with Crippen LogP contribution in [0.25, 0.3) is 0 Å². The highest BCUT2D eigenvalue weighted by molar-refractivity contribution is 5.74. The van der Waals surface area contributed by atoms with E-state index in [9.17, 15) is 9.59 Å². The third kappa shape index (κ3) is 5.80. The van der Waals surface area contributed by atoms with Crippen LogP contribution in [-0.4, -0.2) is 29.2 Å². The fourth-order valence-corrected chi connectivity index (χ4v) is 2.46. The average Bonchev–Trinajstić information content (AvgIpc) is 2.25. The van der Waals surface area contributed by atoms with Gasteiger partial charge in [-0.05, 0) is 45.4 Å². The Kier molecular flexibility index (Phi) is 6.82. The summed E-state index contributed by atoms with van der Waals surface area (Å²) in [5.74, 6) is -0.431. The van der Waals surface area contributed by atoms with Crippen molar-refractivity contribution in [3.63, 3.8) is 0 Å². The number of aliphatic carboxylic acids is 1. The van der Waals surface area contributed by atoms with Crippen LogP contribution in [0.3, 0.4) is 0 Å². The van der Waals surface area contributed by atoms with E-state index in [2.05, 4.69) is 17.6 Å². The zero-order valence-corrected chi connectivity index (χ0v) is 12.8. The molecular formula is C15H28N2O3. The topological polar surface area (TPSA) is 78.4 Å². The first-order chi connectivity index (χ1) is 9.40. The largest absolute Gasteiger partial charge is 0.481 e. The third-order valence-corrected chi connectivity index (χ3v) is 4.29. The standard InChI is InChI=1S/C15H28N2O3/c1-10(14(18)19)6-4-7-11(2)16-15(20)17-12(3)13-8-5-9-13/h10-13H,4-9H2,1-3H3,(H,18,19)(H2,16,17,20). The molecule has 0 saturated heterocycles. The number of urea groups is 1. The second kappa shape index (κ2) is 8.12. The molecule has 0 spiro atoms. The number of carboxylic acid groups (broad SMARTS) is 1. The maximum atomic E-state index is 11.8. The summed E-state index contributed by atoms with van der Waals surface area (Å²) in [6, 6.07) is 0.204. The normalized spacial score (nSPS) is 19.6. The Morgan fingerprint density at radius 1 is 1.15 bits per heavy atom. The highest BCUT2D eigenvalue weighted by atomic mass is 16.4. The third-order valence-electron chi connectivity index (χ3n) is 4.29. The Morgan fingerprint density at radius 3 is 2.30 bits per heavy atom. The molecule has 3 unspecified atom stereocenters. The predicted octanol–water partition coefficient (Wildman–Crippen LogP) is 2.75. The van der Waals surface area contributed by atoms with E-state index in [1.807, 2.05) is 6.92 Å². The second-order valence-electron chi connectivity index (χ2n) is 6.17. The van der Waals surface area contributed by atoms with Gasteiger partial charge in [-0.2, -0.15) is 0 Å². The molecule has 1 saturated carbocycles. The monoisotopic (exact) mass is 284 g/mol. The van der Waals surface area contributed by atoms with Crippen molar-refractivity contribution in [2.75, 3.05) is 0 Å². The molecule has 0 aliphatic heterocycles. The van der Waals surface area contributed by atoms with E-state index >= 15 is 0 Å². The summed E-state index contributed by atoms with van der Waals surface area (Å²) in [4.78, 5) is 22.5. The van der Waals surface area contributed by atoms with Gasteiger partial charge in [0.25, 0.3) is 0 Å². The number of rotatable bonds is 8. The van der Waals surface area contributed by atoms with Crippen LogP contribution in [0.1, 0.15) is 59.3 Å². The van der Waals surface area contributed by atoms with Crippen molar-refractivity contribution in [2.45, 2.75) is 71.4 Å². The number of amides is 2. The van der Waals surface area contributed by atoms with Crippen LogP contribution < -0.4 is 10.6 Å². The maximum Gasteiger partial charge on any atom is 0.315 e. The molecule has 0 aromatic rings. The fourth-order valence-electron chi connectivity index (χ4n) is 2.46. The Labute approximate surface area is 121 Å². The molecular weight excluding hydrogens is 256 g/mol. The van der Waals surface area contributed by atoms with Crippen molar-refractivity contribution in [1.29, 1.82) is 0 Å². The van der Waals surface area contributed by atoms with Gasteiger partial charge < -0.3 is 15.7 Å². The van der Waals surface area contributed by atoms with Crippen molar-refractivity contribution in [3.05, 3.63) is 0 Å². The molecule has 0 heterocycles. The lowest BCUT2D eigenvalue weighted by atomic mass is 9.80. The minimum absolute atomic E-state index is 0.0737. The smallest absolute Gasteiger partial charge is 0.315 e. The van der Waals surface area contributed by atoms with Crippen molar-refractivity contribution in [2.24, 2.45) is 11.8 Å². The van der Waals surface area contributed by atoms with Gasteiger partial charge >= 0.3 is 12.0 Å². The van der Waals surface area contributed by atoms with E-state index in [1.54, 1.807) is 6.92 Å². The minimum atomic E-state index is -0.752. The van der Waals surface area contributed by atoms with Crippen LogP contribution in [-0.2, 0) is 4.79 Å². The summed E-state index contributed by atoms with van der Waals surface area (Å²) in [5, 5.41) is 14.7. The molecule has 1 rings (SSSR count). The van der Waals surface area contributed by atoms with E-state index in [1.165, 1.54) is 19.3 Å². The molecule has 3 atom stereocenters. The lowest BCUT2D eigenvalue weighted by Crippen LogP contribution is -2.48. The van der Waals surface area contributed by atoms with Gasteiger partial charge in [-0.25, -0.2) is 4.79 Å². The van der Waals surface area contributed by atoms with Gasteiger partial charge in [-0.1, -0.05) is 19.8 Å². The summed E-state index contributed by atoms with van der Waals surface area (Å²) in [6.45, 7) is 5.73. The van der Waals surface area contributed by atoms with E-state index in [0.717, 1.165) is 12.8 Å². The zero-order valence-electron chi connectivity index (χ0n) is 12.8. The number of nitrogens with one attached hydrogen (secondary N) is 2. The first-order valence-corrected chi connectivity index (χ1v) is 7.70. The summed E-state index contributed by atoms with van der Waals surface area (Å²) in [7, 11) is 0. The molecule has 1 fully saturated rings. The van der Waals surface area contributed by atoms with Gasteiger partial charge in [-0.3, -0.25) is 4.79 Å². The number of carboxylic acids is 1. The van der Waals surface area contributed by atoms with Crippen LogP contribution in [0.4, 0.5) is 4.79 Å². The first kappa shape index (κ1) is 16.8. The summed E-state index contributed by atoms with van der Waals surface area (Å²) >= 11 is 0. The Balaban J connectivity index is 2.12. The van der Waals surface area contributed by atoms with Crippen molar-refractivity contribution in [3.8, 4) is 0 Å².